The van der Waals surface area contributed by atoms with Crippen molar-refractivity contribution in [1.29, 1.82) is 0 Å². The summed E-state index contributed by atoms with van der Waals surface area (Å²) in [4.78, 5) is 29.7. The van der Waals surface area contributed by atoms with Gasteiger partial charge in [-0.15, -0.1) is 0 Å². The first-order valence-electron chi connectivity index (χ1n) is 9.47. The highest BCUT2D eigenvalue weighted by molar-refractivity contribution is 5.91. The number of likely N-dealkylation sites (tertiary alicyclic amines) is 1. The number of carbonyl (C=O) groups is 2. The number of carbonyl (C=O) groups excluding carboxylic acids is 2. The number of anilines is 1. The van der Waals surface area contributed by atoms with Gasteiger partial charge in [-0.05, 0) is 62.3 Å². The number of nitrogens with zero attached hydrogens (tertiary/aromatic N) is 2. The number of nitrogens with two attached hydrogens (primary N) is 1. The van der Waals surface area contributed by atoms with Gasteiger partial charge >= 0.3 is 6.09 Å². The number of hydrogen-bond acceptors (Lipinski definition) is 6. The normalized spacial score (nSPS) is 24.7. The van der Waals surface area contributed by atoms with E-state index >= 15 is 0 Å². The van der Waals surface area contributed by atoms with Crippen molar-refractivity contribution in [3.63, 3.8) is 0 Å². The van der Waals surface area contributed by atoms with E-state index in [1.54, 1.807) is 29.3 Å². The van der Waals surface area contributed by atoms with Gasteiger partial charge in [0.1, 0.15) is 11.4 Å². The average Bonchev–Trinajstić information content (AvgIpc) is 3.11. The molecule has 1 aliphatic carbocycles. The van der Waals surface area contributed by atoms with Gasteiger partial charge in [-0.25, -0.2) is 9.78 Å². The number of amides is 2. The van der Waals surface area contributed by atoms with Gasteiger partial charge in [-0.3, -0.25) is 4.79 Å². The molecule has 1 saturated heterocycles. The fraction of sp³-hybridized carbons (Fsp3) is 0.550. The van der Waals surface area contributed by atoms with E-state index in [9.17, 15) is 14.7 Å². The molecule has 3 unspecified atom stereocenters. The monoisotopic (exact) mass is 388 g/mol. The number of ether oxygens (including phenoxy) is 1. The number of fused-ring (bicyclic) bond motifs is 1. The van der Waals surface area contributed by atoms with Crippen molar-refractivity contribution in [3.05, 3.63) is 30.0 Å². The van der Waals surface area contributed by atoms with Crippen LogP contribution in [0, 0.1) is 17.8 Å². The lowest BCUT2D eigenvalue weighted by molar-refractivity contribution is -0.117. The first kappa shape index (κ1) is 20.1. The van der Waals surface area contributed by atoms with Gasteiger partial charge in [0, 0.05) is 31.9 Å². The largest absolute Gasteiger partial charge is 0.444 e. The topological polar surface area (TPSA) is 118 Å². The maximum absolute atomic E-state index is 12.1. The standard InChI is InChI=1S/C20H28N4O4/c1-20(2,3)28-19(27)24-10-13-14(11-24)18(13)15(25)9-23-17(26)7-5-12-4-6-16(21)22-8-12/h4-8,13-15,18,25H,9-11H2,1-3H3,(H2,21,22)(H,23,26)/b7-5+. The third-order valence-electron chi connectivity index (χ3n) is 5.08. The molecule has 0 spiro atoms. The molecule has 8 nitrogen and oxygen atoms in total. The van der Waals surface area contributed by atoms with Gasteiger partial charge in [-0.2, -0.15) is 0 Å². The molecule has 3 atom stereocenters. The number of piperidine rings is 1. The molecular formula is C20H28N4O4. The molecule has 2 amide bonds. The Morgan fingerprint density at radius 3 is 2.64 bits per heavy atom. The minimum absolute atomic E-state index is 0.115. The molecule has 8 heteroatoms. The fourth-order valence-electron chi connectivity index (χ4n) is 3.71. The van der Waals surface area contributed by atoms with Crippen molar-refractivity contribution in [2.75, 3.05) is 25.4 Å². The molecule has 1 saturated carbocycles. The maximum atomic E-state index is 12.1. The molecule has 1 aromatic rings. The van der Waals surface area contributed by atoms with Crippen LogP contribution < -0.4 is 11.1 Å². The van der Waals surface area contributed by atoms with Crippen LogP contribution in [0.1, 0.15) is 26.3 Å². The van der Waals surface area contributed by atoms with E-state index in [1.165, 1.54) is 6.08 Å². The molecule has 2 aliphatic rings. The number of pyridine rings is 1. The summed E-state index contributed by atoms with van der Waals surface area (Å²) in [5, 5.41) is 13.1. The molecule has 1 aromatic heterocycles. The summed E-state index contributed by atoms with van der Waals surface area (Å²) in [6.07, 6.45) is 3.70. The second-order valence-corrected chi connectivity index (χ2v) is 8.45. The maximum Gasteiger partial charge on any atom is 0.410 e. The highest BCUT2D eigenvalue weighted by atomic mass is 16.6. The van der Waals surface area contributed by atoms with Gasteiger partial charge in [0.25, 0.3) is 0 Å². The summed E-state index contributed by atoms with van der Waals surface area (Å²) in [5.41, 5.74) is 5.77. The van der Waals surface area contributed by atoms with Gasteiger partial charge in [0.05, 0.1) is 6.10 Å². The summed E-state index contributed by atoms with van der Waals surface area (Å²) in [5.74, 6) is 0.804. The summed E-state index contributed by atoms with van der Waals surface area (Å²) in [6, 6.07) is 3.43. The van der Waals surface area contributed by atoms with Crippen LogP contribution in [-0.4, -0.2) is 58.3 Å². The van der Waals surface area contributed by atoms with Crippen LogP contribution in [0.3, 0.4) is 0 Å². The summed E-state index contributed by atoms with van der Waals surface area (Å²) in [7, 11) is 0. The fourth-order valence-corrected chi connectivity index (χ4v) is 3.71. The van der Waals surface area contributed by atoms with Crippen molar-refractivity contribution >= 4 is 23.9 Å². The van der Waals surface area contributed by atoms with E-state index < -0.39 is 11.7 Å². The Balaban J connectivity index is 1.39. The van der Waals surface area contributed by atoms with Crippen LogP contribution in [0.2, 0.25) is 0 Å². The first-order chi connectivity index (χ1) is 13.1. The Kier molecular flexibility index (Phi) is 5.60. The quantitative estimate of drug-likeness (QED) is 0.654. The third kappa shape index (κ3) is 5.01. The lowest BCUT2D eigenvalue weighted by Crippen LogP contribution is -2.39. The molecule has 1 aliphatic heterocycles. The van der Waals surface area contributed by atoms with Crippen molar-refractivity contribution in [1.82, 2.24) is 15.2 Å². The van der Waals surface area contributed by atoms with Gasteiger partial charge < -0.3 is 25.8 Å². The van der Waals surface area contributed by atoms with Crippen LogP contribution in [-0.2, 0) is 9.53 Å². The number of nitrogen functional groups attached to an aromatic ring is 1. The van der Waals surface area contributed by atoms with Crippen LogP contribution in [0.4, 0.5) is 10.6 Å². The zero-order chi connectivity index (χ0) is 20.5. The minimum Gasteiger partial charge on any atom is -0.444 e. The van der Waals surface area contributed by atoms with E-state index in [0.717, 1.165) is 5.56 Å². The van der Waals surface area contributed by atoms with E-state index in [2.05, 4.69) is 10.3 Å². The van der Waals surface area contributed by atoms with Gasteiger partial charge in [0.2, 0.25) is 5.91 Å². The molecule has 0 bridgehead atoms. The minimum atomic E-state index is -0.619. The number of nitrogens with one attached hydrogen (secondary N) is 1. The molecule has 2 fully saturated rings. The molecule has 4 N–H and O–H groups in total. The van der Waals surface area contributed by atoms with Crippen LogP contribution >= 0.6 is 0 Å². The lowest BCUT2D eigenvalue weighted by Gasteiger charge is -2.26. The Morgan fingerprint density at radius 1 is 1.39 bits per heavy atom. The second kappa shape index (κ2) is 7.79. The highest BCUT2D eigenvalue weighted by Crippen LogP contribution is 2.53. The highest BCUT2D eigenvalue weighted by Gasteiger charge is 2.59. The smallest absolute Gasteiger partial charge is 0.410 e. The Morgan fingerprint density at radius 2 is 2.07 bits per heavy atom. The lowest BCUT2D eigenvalue weighted by atomic mass is 10.1. The van der Waals surface area contributed by atoms with Crippen LogP contribution in [0.25, 0.3) is 6.08 Å². The van der Waals surface area contributed by atoms with E-state index in [-0.39, 0.29) is 36.3 Å². The van der Waals surface area contributed by atoms with Crippen molar-refractivity contribution in [2.45, 2.75) is 32.5 Å². The zero-order valence-corrected chi connectivity index (χ0v) is 16.5. The third-order valence-corrected chi connectivity index (χ3v) is 5.08. The van der Waals surface area contributed by atoms with E-state index in [0.29, 0.717) is 18.9 Å². The Hall–Kier alpha value is -2.61. The van der Waals surface area contributed by atoms with E-state index in [1.807, 2.05) is 20.8 Å². The average molecular weight is 388 g/mol. The van der Waals surface area contributed by atoms with Gasteiger partial charge in [-0.1, -0.05) is 0 Å². The molecule has 3 rings (SSSR count). The predicted molar refractivity (Wildman–Crippen MR) is 105 cm³/mol. The number of aliphatic hydroxyl groups excluding tert-OH is 1. The van der Waals surface area contributed by atoms with Crippen molar-refractivity contribution < 1.29 is 19.4 Å². The SMILES string of the molecule is CC(C)(C)OC(=O)N1CC2C(C1)C2C(O)CNC(=O)/C=C/c1ccc(N)nc1. The summed E-state index contributed by atoms with van der Waals surface area (Å²) < 4.78 is 5.38. The van der Waals surface area contributed by atoms with Crippen LogP contribution in [0.5, 0.6) is 0 Å². The second-order valence-electron chi connectivity index (χ2n) is 8.45. The molecular weight excluding hydrogens is 360 g/mol. The summed E-state index contributed by atoms with van der Waals surface area (Å²) in [6.45, 7) is 6.91. The zero-order valence-electron chi connectivity index (χ0n) is 16.5. The Labute approximate surface area is 164 Å². The number of rotatable bonds is 5. The molecule has 28 heavy (non-hydrogen) atoms. The number of aromatic nitrogens is 1. The molecule has 2 heterocycles. The van der Waals surface area contributed by atoms with E-state index in [4.69, 9.17) is 10.5 Å². The van der Waals surface area contributed by atoms with Crippen molar-refractivity contribution in [3.8, 4) is 0 Å². The number of aliphatic hydroxyl groups is 1. The first-order valence-corrected chi connectivity index (χ1v) is 9.47. The van der Waals surface area contributed by atoms with Gasteiger partial charge in [0.15, 0.2) is 0 Å². The Bertz CT molecular complexity index is 744. The molecule has 0 aromatic carbocycles. The molecule has 152 valence electrons. The molecule has 0 radical (unpaired) electrons. The van der Waals surface area contributed by atoms with Crippen LogP contribution in [0.15, 0.2) is 24.4 Å². The summed E-state index contributed by atoms with van der Waals surface area (Å²) >= 11 is 0. The van der Waals surface area contributed by atoms with Crippen molar-refractivity contribution in [2.24, 2.45) is 17.8 Å². The predicted octanol–water partition coefficient (Wildman–Crippen LogP) is 1.27. The number of hydrogen-bond donors (Lipinski definition) is 3.